The third kappa shape index (κ3) is 5.39. The number of halogens is 1. The lowest BCUT2D eigenvalue weighted by Gasteiger charge is -2.12. The molecule has 1 N–H and O–H groups in total. The minimum Gasteiger partial charge on any atom is -0.493 e. The van der Waals surface area contributed by atoms with Crippen LogP contribution in [-0.4, -0.2) is 32.7 Å². The summed E-state index contributed by atoms with van der Waals surface area (Å²) in [5.41, 5.74) is 1.26. The SMILES string of the molecule is COC(=O)c1ccc(OCC(=O)NCc2ccc(Cl)cc2)c(OC)c1. The summed E-state index contributed by atoms with van der Waals surface area (Å²) in [6, 6.07) is 11.8. The Hall–Kier alpha value is -2.73. The fraction of sp³-hybridized carbons (Fsp3) is 0.222. The third-order valence-electron chi connectivity index (χ3n) is 3.35. The van der Waals surface area contributed by atoms with E-state index in [0.29, 0.717) is 28.6 Å². The molecule has 1 amide bonds. The molecule has 0 saturated heterocycles. The number of hydrogen-bond acceptors (Lipinski definition) is 5. The molecule has 0 aliphatic heterocycles. The van der Waals surface area contributed by atoms with Crippen LogP contribution in [0.1, 0.15) is 15.9 Å². The topological polar surface area (TPSA) is 73.9 Å². The van der Waals surface area contributed by atoms with Crippen molar-refractivity contribution in [2.75, 3.05) is 20.8 Å². The lowest BCUT2D eigenvalue weighted by Crippen LogP contribution is -2.28. The second-order valence-electron chi connectivity index (χ2n) is 5.05. The van der Waals surface area contributed by atoms with Gasteiger partial charge in [0.2, 0.25) is 0 Å². The number of benzene rings is 2. The van der Waals surface area contributed by atoms with Crippen LogP contribution in [0.5, 0.6) is 11.5 Å². The molecular weight excluding hydrogens is 346 g/mol. The number of nitrogens with one attached hydrogen (secondary N) is 1. The molecule has 0 unspecified atom stereocenters. The monoisotopic (exact) mass is 363 g/mol. The molecule has 0 spiro atoms. The zero-order chi connectivity index (χ0) is 18.2. The van der Waals surface area contributed by atoms with E-state index < -0.39 is 5.97 Å². The van der Waals surface area contributed by atoms with E-state index in [4.69, 9.17) is 21.1 Å². The number of esters is 1. The highest BCUT2D eigenvalue weighted by Gasteiger charge is 2.12. The summed E-state index contributed by atoms with van der Waals surface area (Å²) in [7, 11) is 2.74. The molecule has 0 fully saturated rings. The van der Waals surface area contributed by atoms with Gasteiger partial charge in [-0.3, -0.25) is 4.79 Å². The van der Waals surface area contributed by atoms with Crippen LogP contribution in [-0.2, 0) is 16.1 Å². The molecule has 6 nitrogen and oxygen atoms in total. The number of carbonyl (C=O) groups is 2. The van der Waals surface area contributed by atoms with Crippen molar-refractivity contribution in [3.05, 3.63) is 58.6 Å². The van der Waals surface area contributed by atoms with E-state index in [1.807, 2.05) is 12.1 Å². The first kappa shape index (κ1) is 18.6. The molecular formula is C18H18ClNO5. The van der Waals surface area contributed by atoms with Gasteiger partial charge in [-0.1, -0.05) is 23.7 Å². The highest BCUT2D eigenvalue weighted by atomic mass is 35.5. The number of carbonyl (C=O) groups excluding carboxylic acids is 2. The van der Waals surface area contributed by atoms with Gasteiger partial charge in [-0.25, -0.2) is 4.79 Å². The van der Waals surface area contributed by atoms with Crippen LogP contribution >= 0.6 is 11.6 Å². The van der Waals surface area contributed by atoms with E-state index in [1.165, 1.54) is 26.4 Å². The van der Waals surface area contributed by atoms with E-state index in [1.54, 1.807) is 18.2 Å². The van der Waals surface area contributed by atoms with Gasteiger partial charge in [0.25, 0.3) is 5.91 Å². The van der Waals surface area contributed by atoms with Crippen LogP contribution < -0.4 is 14.8 Å². The Morgan fingerprint density at radius 2 is 1.76 bits per heavy atom. The van der Waals surface area contributed by atoms with Crippen molar-refractivity contribution in [2.24, 2.45) is 0 Å². The van der Waals surface area contributed by atoms with Gasteiger partial charge < -0.3 is 19.5 Å². The summed E-state index contributed by atoms with van der Waals surface area (Å²) >= 11 is 5.81. The maximum atomic E-state index is 11.9. The van der Waals surface area contributed by atoms with E-state index in [9.17, 15) is 9.59 Å². The smallest absolute Gasteiger partial charge is 0.337 e. The van der Waals surface area contributed by atoms with Gasteiger partial charge in [0.05, 0.1) is 19.8 Å². The fourth-order valence-corrected chi connectivity index (χ4v) is 2.15. The van der Waals surface area contributed by atoms with Gasteiger partial charge in [0.15, 0.2) is 18.1 Å². The molecule has 132 valence electrons. The van der Waals surface area contributed by atoms with Crippen LogP contribution in [0.25, 0.3) is 0 Å². The van der Waals surface area contributed by atoms with Crippen molar-refractivity contribution in [2.45, 2.75) is 6.54 Å². The Kier molecular flexibility index (Phi) is 6.65. The van der Waals surface area contributed by atoms with Gasteiger partial charge >= 0.3 is 5.97 Å². The average molecular weight is 364 g/mol. The van der Waals surface area contributed by atoms with Crippen LogP contribution in [0.2, 0.25) is 5.02 Å². The molecule has 0 radical (unpaired) electrons. The highest BCUT2D eigenvalue weighted by Crippen LogP contribution is 2.28. The van der Waals surface area contributed by atoms with Gasteiger partial charge in [-0.15, -0.1) is 0 Å². The molecule has 2 aromatic rings. The molecule has 7 heteroatoms. The van der Waals surface area contributed by atoms with Crippen molar-refractivity contribution in [3.63, 3.8) is 0 Å². The van der Waals surface area contributed by atoms with Crippen LogP contribution in [0.15, 0.2) is 42.5 Å². The molecule has 0 atom stereocenters. The second kappa shape index (κ2) is 8.94. The summed E-state index contributed by atoms with van der Waals surface area (Å²) in [5, 5.41) is 3.38. The molecule has 0 aromatic heterocycles. The lowest BCUT2D eigenvalue weighted by molar-refractivity contribution is -0.123. The number of ether oxygens (including phenoxy) is 3. The average Bonchev–Trinajstić information content (AvgIpc) is 2.65. The maximum Gasteiger partial charge on any atom is 0.337 e. The van der Waals surface area contributed by atoms with Crippen LogP contribution in [0, 0.1) is 0 Å². The quantitative estimate of drug-likeness (QED) is 0.766. The minimum absolute atomic E-state index is 0.179. The largest absolute Gasteiger partial charge is 0.493 e. The Bertz CT molecular complexity index is 746. The second-order valence-corrected chi connectivity index (χ2v) is 5.49. The van der Waals surface area contributed by atoms with Gasteiger partial charge in [0, 0.05) is 11.6 Å². The number of rotatable bonds is 7. The summed E-state index contributed by atoms with van der Waals surface area (Å²) in [5.74, 6) is -0.0650. The normalized spacial score (nSPS) is 10.0. The van der Waals surface area contributed by atoms with Gasteiger partial charge in [0.1, 0.15) is 0 Å². The molecule has 0 heterocycles. The first-order valence-electron chi connectivity index (χ1n) is 7.43. The summed E-state index contributed by atoms with van der Waals surface area (Å²) in [6.07, 6.45) is 0. The molecule has 2 aromatic carbocycles. The third-order valence-corrected chi connectivity index (χ3v) is 3.60. The molecule has 25 heavy (non-hydrogen) atoms. The Labute approximate surface area is 150 Å². The van der Waals surface area contributed by atoms with E-state index >= 15 is 0 Å². The zero-order valence-corrected chi connectivity index (χ0v) is 14.6. The van der Waals surface area contributed by atoms with Crippen molar-refractivity contribution in [1.29, 1.82) is 0 Å². The summed E-state index contributed by atoms with van der Waals surface area (Å²) in [4.78, 5) is 23.4. The molecule has 0 aliphatic rings. The maximum absolute atomic E-state index is 11.9. The zero-order valence-electron chi connectivity index (χ0n) is 13.9. The first-order chi connectivity index (χ1) is 12.0. The molecule has 2 rings (SSSR count). The van der Waals surface area contributed by atoms with Crippen molar-refractivity contribution in [3.8, 4) is 11.5 Å². The van der Waals surface area contributed by atoms with E-state index in [-0.39, 0.29) is 12.5 Å². The van der Waals surface area contributed by atoms with E-state index in [0.717, 1.165) is 5.56 Å². The molecule has 0 aliphatic carbocycles. The van der Waals surface area contributed by atoms with Gasteiger partial charge in [-0.05, 0) is 35.9 Å². The summed E-state index contributed by atoms with van der Waals surface area (Å²) in [6.45, 7) is 0.194. The van der Waals surface area contributed by atoms with Crippen LogP contribution in [0.3, 0.4) is 0 Å². The summed E-state index contributed by atoms with van der Waals surface area (Å²) < 4.78 is 15.3. The van der Waals surface area contributed by atoms with Gasteiger partial charge in [-0.2, -0.15) is 0 Å². The molecule has 0 bridgehead atoms. The predicted octanol–water partition coefficient (Wildman–Crippen LogP) is 2.83. The van der Waals surface area contributed by atoms with Crippen molar-refractivity contribution >= 4 is 23.5 Å². The standard InChI is InChI=1S/C18H18ClNO5/c1-23-16-9-13(18(22)24-2)5-8-15(16)25-11-17(21)20-10-12-3-6-14(19)7-4-12/h3-9H,10-11H2,1-2H3,(H,20,21). The molecule has 0 saturated carbocycles. The number of methoxy groups -OCH3 is 2. The number of hydrogen-bond donors (Lipinski definition) is 1. The predicted molar refractivity (Wildman–Crippen MR) is 93.1 cm³/mol. The Morgan fingerprint density at radius 1 is 1.04 bits per heavy atom. The van der Waals surface area contributed by atoms with E-state index in [2.05, 4.69) is 10.1 Å². The van der Waals surface area contributed by atoms with Crippen molar-refractivity contribution in [1.82, 2.24) is 5.32 Å². The Balaban J connectivity index is 1.90. The Morgan fingerprint density at radius 3 is 2.40 bits per heavy atom. The lowest BCUT2D eigenvalue weighted by atomic mass is 10.2. The van der Waals surface area contributed by atoms with Crippen molar-refractivity contribution < 1.29 is 23.8 Å². The van der Waals surface area contributed by atoms with Crippen LogP contribution in [0.4, 0.5) is 0 Å². The first-order valence-corrected chi connectivity index (χ1v) is 7.81. The number of amides is 1. The fourth-order valence-electron chi connectivity index (χ4n) is 2.03. The minimum atomic E-state index is -0.481. The highest BCUT2D eigenvalue weighted by molar-refractivity contribution is 6.30.